The van der Waals surface area contributed by atoms with Gasteiger partial charge >= 0.3 is 0 Å². The Morgan fingerprint density at radius 3 is 2.00 bits per heavy atom. The lowest BCUT2D eigenvalue weighted by atomic mass is 9.30. The van der Waals surface area contributed by atoms with Crippen LogP contribution in [-0.2, 0) is 9.47 Å². The van der Waals surface area contributed by atoms with Crippen molar-refractivity contribution < 1.29 is 14.6 Å². The van der Waals surface area contributed by atoms with Gasteiger partial charge in [-0.1, -0.05) is 101 Å². The predicted molar refractivity (Wildman–Crippen MR) is 189 cm³/mol. The number of rotatable bonds is 22. The summed E-state index contributed by atoms with van der Waals surface area (Å²) in [5, 5.41) is 9.71. The number of hydrogen-bond acceptors (Lipinski definition) is 3. The Kier molecular flexibility index (Phi) is 12.4. The van der Waals surface area contributed by atoms with Gasteiger partial charge in [0.15, 0.2) is 0 Å². The van der Waals surface area contributed by atoms with E-state index in [0.717, 1.165) is 67.5 Å². The van der Waals surface area contributed by atoms with Crippen molar-refractivity contribution in [1.29, 1.82) is 0 Å². The van der Waals surface area contributed by atoms with E-state index in [1.165, 1.54) is 126 Å². The maximum absolute atomic E-state index is 9.71. The van der Waals surface area contributed by atoms with Gasteiger partial charge in [0.2, 0.25) is 0 Å². The highest BCUT2D eigenvalue weighted by atomic mass is 16.5. The van der Waals surface area contributed by atoms with E-state index in [1.807, 2.05) is 0 Å². The molecule has 0 radical (unpaired) electrons. The first-order valence-corrected chi connectivity index (χ1v) is 21.0. The van der Waals surface area contributed by atoms with Crippen molar-refractivity contribution >= 4 is 0 Å². The second-order valence-electron chi connectivity index (χ2n) is 17.5. The molecule has 0 aromatic carbocycles. The molecule has 3 nitrogen and oxygen atoms in total. The average Bonchev–Trinajstić information content (AvgIpc) is 3.07. The van der Waals surface area contributed by atoms with Gasteiger partial charge in [-0.05, 0) is 135 Å². The van der Waals surface area contributed by atoms with Crippen LogP contribution in [-0.4, -0.2) is 37.6 Å². The molecular formula is C43H70O3. The molecule has 46 heavy (non-hydrogen) atoms. The molecule has 7 aliphatic carbocycles. The first kappa shape index (κ1) is 33.8. The van der Waals surface area contributed by atoms with Gasteiger partial charge in [-0.3, -0.25) is 0 Å². The lowest BCUT2D eigenvalue weighted by Crippen LogP contribution is -2.69. The zero-order chi connectivity index (χ0) is 31.1. The fourth-order valence-electron chi connectivity index (χ4n) is 12.4. The first-order valence-electron chi connectivity index (χ1n) is 21.0. The molecule has 0 spiro atoms. The van der Waals surface area contributed by atoms with Crippen LogP contribution in [0.25, 0.3) is 0 Å². The molecule has 1 N–H and O–H groups in total. The van der Waals surface area contributed by atoms with E-state index in [4.69, 9.17) is 9.47 Å². The van der Waals surface area contributed by atoms with E-state index >= 15 is 0 Å². The van der Waals surface area contributed by atoms with Crippen molar-refractivity contribution in [3.8, 4) is 0 Å². The van der Waals surface area contributed by atoms with Crippen LogP contribution in [0, 0.1) is 71.0 Å². The zero-order valence-electron chi connectivity index (χ0n) is 29.5. The number of ether oxygens (including phenoxy) is 2. The van der Waals surface area contributed by atoms with E-state index in [-0.39, 0.29) is 12.7 Å². The van der Waals surface area contributed by atoms with Crippen LogP contribution in [0.2, 0.25) is 0 Å². The molecular weight excluding hydrogens is 564 g/mol. The number of aliphatic hydroxyl groups is 1. The molecule has 3 heteroatoms. The summed E-state index contributed by atoms with van der Waals surface area (Å²) in [6, 6.07) is 0. The molecule has 0 aliphatic heterocycles. The molecule has 7 aliphatic rings. The molecule has 5 fully saturated rings. The third-order valence-corrected chi connectivity index (χ3v) is 15.0. The van der Waals surface area contributed by atoms with Crippen molar-refractivity contribution in [1.82, 2.24) is 0 Å². The lowest BCUT2D eigenvalue weighted by molar-refractivity contribution is -0.264. The maximum Gasteiger partial charge on any atom is 0.104 e. The topological polar surface area (TPSA) is 38.7 Å². The van der Waals surface area contributed by atoms with Crippen LogP contribution >= 0.6 is 0 Å². The SMILES string of the molecule is OC[C@@H](COCCCCCCCCC1C=CC2C3CCC=CC3C2C1)OCCCCCCCCC1CCC2C(C1)C1C3CCC3C21. The van der Waals surface area contributed by atoms with E-state index < -0.39 is 0 Å². The maximum atomic E-state index is 9.71. The standard InChI is InChI=1S/C43H70O3/c44-29-33(30-45-25-13-7-3-1-5-9-15-31-19-21-36-34-17-11-12-18-35(34)40(36)27-31)46-26-14-8-4-2-6-10-16-32-20-22-39-41(28-32)43-38-24-23-37(38)42(39)43/h12,18-19,21,31-44H,1-11,13-17,20,22-30H2/t31?,32?,33-,34?,35?,36?,37?,38?,39?,40?,41?,42?,43?/m0/s1. The Hall–Kier alpha value is -0.640. The highest BCUT2D eigenvalue weighted by molar-refractivity contribution is 5.19. The first-order chi connectivity index (χ1) is 22.8. The smallest absolute Gasteiger partial charge is 0.104 e. The highest BCUT2D eigenvalue weighted by Gasteiger charge is 2.68. The van der Waals surface area contributed by atoms with Gasteiger partial charge in [0.05, 0.1) is 13.2 Å². The summed E-state index contributed by atoms with van der Waals surface area (Å²) in [7, 11) is 0. The average molecular weight is 635 g/mol. The van der Waals surface area contributed by atoms with Crippen molar-refractivity contribution in [2.75, 3.05) is 26.4 Å². The molecule has 7 rings (SSSR count). The Morgan fingerprint density at radius 1 is 0.565 bits per heavy atom. The van der Waals surface area contributed by atoms with Gasteiger partial charge in [0, 0.05) is 13.2 Å². The largest absolute Gasteiger partial charge is 0.394 e. The van der Waals surface area contributed by atoms with Gasteiger partial charge in [0.1, 0.15) is 6.10 Å². The Labute approximate surface area is 283 Å². The van der Waals surface area contributed by atoms with E-state index in [0.29, 0.717) is 6.61 Å². The van der Waals surface area contributed by atoms with Crippen LogP contribution in [0.15, 0.2) is 24.3 Å². The minimum atomic E-state index is -0.153. The second kappa shape index (κ2) is 16.8. The van der Waals surface area contributed by atoms with Crippen LogP contribution in [0.3, 0.4) is 0 Å². The Balaban J connectivity index is 0.612. The van der Waals surface area contributed by atoms with Crippen molar-refractivity contribution in [3.05, 3.63) is 24.3 Å². The summed E-state index contributed by atoms with van der Waals surface area (Å²) < 4.78 is 11.8. The van der Waals surface area contributed by atoms with E-state index in [1.54, 1.807) is 32.1 Å². The summed E-state index contributed by atoms with van der Waals surface area (Å²) in [5.74, 6) is 12.8. The Bertz CT molecular complexity index is 967. The van der Waals surface area contributed by atoms with Gasteiger partial charge in [-0.15, -0.1) is 0 Å². The molecule has 0 saturated heterocycles. The van der Waals surface area contributed by atoms with E-state index in [2.05, 4.69) is 24.3 Å². The number of fused-ring (bicyclic) bond motifs is 11. The molecule has 260 valence electrons. The summed E-state index contributed by atoms with van der Waals surface area (Å²) in [4.78, 5) is 0. The number of hydrogen-bond donors (Lipinski definition) is 1. The Morgan fingerprint density at radius 2 is 1.22 bits per heavy atom. The summed E-state index contributed by atoms with van der Waals surface area (Å²) in [6.45, 7) is 2.17. The minimum absolute atomic E-state index is 0.0704. The normalized spacial score (nSPS) is 40.2. The van der Waals surface area contributed by atoms with Crippen molar-refractivity contribution in [3.63, 3.8) is 0 Å². The quantitative estimate of drug-likeness (QED) is 0.0951. The second-order valence-corrected chi connectivity index (χ2v) is 17.5. The van der Waals surface area contributed by atoms with Gasteiger partial charge < -0.3 is 14.6 Å². The monoisotopic (exact) mass is 635 g/mol. The molecule has 0 amide bonds. The van der Waals surface area contributed by atoms with Crippen LogP contribution in [0.4, 0.5) is 0 Å². The third kappa shape index (κ3) is 7.72. The van der Waals surface area contributed by atoms with Crippen molar-refractivity contribution in [2.45, 2.75) is 147 Å². The molecule has 0 bridgehead atoms. The van der Waals surface area contributed by atoms with Gasteiger partial charge in [0.25, 0.3) is 0 Å². The molecule has 5 saturated carbocycles. The van der Waals surface area contributed by atoms with Gasteiger partial charge in [-0.25, -0.2) is 0 Å². The van der Waals surface area contributed by atoms with Crippen molar-refractivity contribution in [2.24, 2.45) is 71.0 Å². The zero-order valence-corrected chi connectivity index (χ0v) is 29.5. The highest BCUT2D eigenvalue weighted by Crippen LogP contribution is 2.74. The number of aliphatic hydroxyl groups excluding tert-OH is 1. The third-order valence-electron chi connectivity index (χ3n) is 15.0. The summed E-state index contributed by atoms with van der Waals surface area (Å²) >= 11 is 0. The molecule has 0 heterocycles. The fourth-order valence-corrected chi connectivity index (χ4v) is 12.4. The fraction of sp³-hybridized carbons (Fsp3) is 0.907. The molecule has 12 unspecified atom stereocenters. The molecule has 0 aromatic rings. The summed E-state index contributed by atoms with van der Waals surface area (Å²) in [6.07, 6.45) is 40.9. The van der Waals surface area contributed by atoms with Crippen LogP contribution < -0.4 is 0 Å². The number of unbranched alkanes of at least 4 members (excludes halogenated alkanes) is 10. The predicted octanol–water partition coefficient (Wildman–Crippen LogP) is 10.6. The van der Waals surface area contributed by atoms with Crippen LogP contribution in [0.1, 0.15) is 141 Å². The molecule has 13 atom stereocenters. The summed E-state index contributed by atoms with van der Waals surface area (Å²) in [5.41, 5.74) is 0. The minimum Gasteiger partial charge on any atom is -0.394 e. The molecule has 0 aromatic heterocycles. The van der Waals surface area contributed by atoms with E-state index in [9.17, 15) is 5.11 Å². The van der Waals surface area contributed by atoms with Crippen LogP contribution in [0.5, 0.6) is 0 Å². The lowest BCUT2D eigenvalue weighted by Gasteiger charge is -2.74. The van der Waals surface area contributed by atoms with Gasteiger partial charge in [-0.2, -0.15) is 0 Å². The number of allylic oxidation sites excluding steroid dienone is 4.